The molecule has 15 heavy (non-hydrogen) atoms. The molecule has 0 fully saturated rings. The Labute approximate surface area is 103 Å². The largest absolute Gasteiger partial charge is 0.0989 e. The van der Waals surface area contributed by atoms with E-state index >= 15 is 0 Å². The minimum Gasteiger partial charge on any atom is -0.0989 e. The number of aryl methyl sites for hydroxylation is 1. The highest BCUT2D eigenvalue weighted by Gasteiger charge is 2.05. The molecule has 0 aromatic heterocycles. The van der Waals surface area contributed by atoms with Crippen molar-refractivity contribution in [1.29, 1.82) is 0 Å². The van der Waals surface area contributed by atoms with Crippen molar-refractivity contribution >= 4 is 24.0 Å². The maximum atomic E-state index is 3.44. The van der Waals surface area contributed by atoms with Crippen LogP contribution in [-0.2, 0) is 6.42 Å². The number of rotatable bonds is 4. The van der Waals surface area contributed by atoms with Crippen LogP contribution < -0.4 is 0 Å². The lowest BCUT2D eigenvalue weighted by molar-refractivity contribution is 1.00. The summed E-state index contributed by atoms with van der Waals surface area (Å²) in [5.74, 6) is 0. The molecule has 0 saturated heterocycles. The monoisotopic (exact) mass is 282 g/mol. The van der Waals surface area contributed by atoms with Crippen molar-refractivity contribution in [3.8, 4) is 0 Å². The Morgan fingerprint density at radius 3 is 2.27 bits per heavy atom. The standard InChI is InChI=1S/C13H19BrSi/c1-15(2,3)11-5-4-6-12-7-9-13(14)10-8-12/h5,7-11H,4,6H2,1-3H3/b11-5+. The van der Waals surface area contributed by atoms with E-state index in [1.54, 1.807) is 0 Å². The van der Waals surface area contributed by atoms with E-state index in [2.05, 4.69) is 71.6 Å². The fraction of sp³-hybridized carbons (Fsp3) is 0.385. The molecule has 2 heteroatoms. The van der Waals surface area contributed by atoms with Gasteiger partial charge in [0.2, 0.25) is 0 Å². The first kappa shape index (κ1) is 12.7. The lowest BCUT2D eigenvalue weighted by Gasteiger charge is -2.07. The number of benzene rings is 1. The molecular formula is C13H19BrSi. The van der Waals surface area contributed by atoms with Gasteiger partial charge in [0.05, 0.1) is 8.07 Å². The van der Waals surface area contributed by atoms with Gasteiger partial charge in [-0.3, -0.25) is 0 Å². The van der Waals surface area contributed by atoms with E-state index in [1.807, 2.05) is 0 Å². The summed E-state index contributed by atoms with van der Waals surface area (Å²) in [4.78, 5) is 0. The molecule has 0 aliphatic rings. The molecule has 0 spiro atoms. The summed E-state index contributed by atoms with van der Waals surface area (Å²) in [6.45, 7) is 7.09. The second-order valence-corrected chi connectivity index (χ2v) is 10.9. The number of allylic oxidation sites excluding steroid dienone is 1. The van der Waals surface area contributed by atoms with Gasteiger partial charge in [-0.25, -0.2) is 0 Å². The quantitative estimate of drug-likeness (QED) is 0.695. The fourth-order valence-corrected chi connectivity index (χ4v) is 2.48. The van der Waals surface area contributed by atoms with Gasteiger partial charge >= 0.3 is 0 Å². The molecule has 1 aromatic rings. The van der Waals surface area contributed by atoms with Crippen LogP contribution in [0.5, 0.6) is 0 Å². The molecule has 0 heterocycles. The third-order valence-electron chi connectivity index (χ3n) is 2.13. The normalized spacial score (nSPS) is 12.3. The summed E-state index contributed by atoms with van der Waals surface area (Å²) in [5.41, 5.74) is 3.84. The first-order chi connectivity index (χ1) is 6.97. The van der Waals surface area contributed by atoms with Crippen molar-refractivity contribution in [2.24, 2.45) is 0 Å². The smallest absolute Gasteiger partial charge is 0.0682 e. The van der Waals surface area contributed by atoms with Crippen LogP contribution in [-0.4, -0.2) is 8.07 Å². The summed E-state index contributed by atoms with van der Waals surface area (Å²) in [5, 5.41) is 0. The highest BCUT2D eigenvalue weighted by molar-refractivity contribution is 9.10. The van der Waals surface area contributed by atoms with Gasteiger partial charge in [-0.05, 0) is 30.5 Å². The van der Waals surface area contributed by atoms with Crippen LogP contribution in [0.4, 0.5) is 0 Å². The average molecular weight is 283 g/mol. The zero-order valence-corrected chi connectivity index (χ0v) is 12.3. The highest BCUT2D eigenvalue weighted by Crippen LogP contribution is 2.12. The minimum absolute atomic E-state index is 0.992. The van der Waals surface area contributed by atoms with Crippen molar-refractivity contribution in [2.45, 2.75) is 32.5 Å². The second kappa shape index (κ2) is 5.66. The summed E-state index contributed by atoms with van der Waals surface area (Å²) < 4.78 is 1.16. The Morgan fingerprint density at radius 2 is 1.73 bits per heavy atom. The van der Waals surface area contributed by atoms with Crippen LogP contribution >= 0.6 is 15.9 Å². The maximum absolute atomic E-state index is 3.44. The Morgan fingerprint density at radius 1 is 1.13 bits per heavy atom. The van der Waals surface area contributed by atoms with Gasteiger partial charge in [0.15, 0.2) is 0 Å². The minimum atomic E-state index is -0.992. The molecule has 0 aliphatic heterocycles. The molecule has 1 aromatic carbocycles. The molecule has 0 saturated carbocycles. The topological polar surface area (TPSA) is 0 Å². The molecule has 82 valence electrons. The van der Waals surface area contributed by atoms with E-state index in [9.17, 15) is 0 Å². The predicted molar refractivity (Wildman–Crippen MR) is 74.9 cm³/mol. The summed E-state index contributed by atoms with van der Waals surface area (Å²) in [7, 11) is -0.992. The van der Waals surface area contributed by atoms with Crippen molar-refractivity contribution in [1.82, 2.24) is 0 Å². The van der Waals surface area contributed by atoms with Gasteiger partial charge in [-0.1, -0.05) is 59.5 Å². The lowest BCUT2D eigenvalue weighted by atomic mass is 10.1. The number of hydrogen-bond donors (Lipinski definition) is 0. The van der Waals surface area contributed by atoms with Crippen LogP contribution in [0.25, 0.3) is 0 Å². The molecular weight excluding hydrogens is 264 g/mol. The summed E-state index contributed by atoms with van der Waals surface area (Å²) >= 11 is 3.44. The average Bonchev–Trinajstić information content (AvgIpc) is 2.14. The lowest BCUT2D eigenvalue weighted by Crippen LogP contribution is -2.15. The molecule has 0 bridgehead atoms. The van der Waals surface area contributed by atoms with E-state index in [-0.39, 0.29) is 0 Å². The fourth-order valence-electron chi connectivity index (χ4n) is 1.34. The molecule has 0 N–H and O–H groups in total. The van der Waals surface area contributed by atoms with Crippen LogP contribution in [0.15, 0.2) is 40.5 Å². The zero-order valence-electron chi connectivity index (χ0n) is 9.76. The molecule has 1 rings (SSSR count). The summed E-state index contributed by atoms with van der Waals surface area (Å²) in [6.07, 6.45) is 4.65. The third kappa shape index (κ3) is 5.95. The molecule has 0 amide bonds. The van der Waals surface area contributed by atoms with Crippen molar-refractivity contribution in [2.75, 3.05) is 0 Å². The van der Waals surface area contributed by atoms with Gasteiger partial charge in [0, 0.05) is 4.47 Å². The van der Waals surface area contributed by atoms with Gasteiger partial charge in [-0.15, -0.1) is 0 Å². The Balaban J connectivity index is 2.38. The van der Waals surface area contributed by atoms with Crippen LogP contribution in [0.2, 0.25) is 19.6 Å². The van der Waals surface area contributed by atoms with Crippen molar-refractivity contribution < 1.29 is 0 Å². The molecule has 0 nitrogen and oxygen atoms in total. The van der Waals surface area contributed by atoms with E-state index in [0.29, 0.717) is 0 Å². The number of hydrogen-bond acceptors (Lipinski definition) is 0. The SMILES string of the molecule is C[Si](C)(C)/C=C/CCc1ccc(Br)cc1. The molecule has 0 atom stereocenters. The van der Waals surface area contributed by atoms with E-state index < -0.39 is 8.07 Å². The van der Waals surface area contributed by atoms with Crippen LogP contribution in [0.3, 0.4) is 0 Å². The van der Waals surface area contributed by atoms with Crippen molar-refractivity contribution in [3.05, 3.63) is 46.1 Å². The molecule has 0 radical (unpaired) electrons. The zero-order chi connectivity index (χ0) is 11.3. The van der Waals surface area contributed by atoms with E-state index in [4.69, 9.17) is 0 Å². The van der Waals surface area contributed by atoms with Gasteiger partial charge in [-0.2, -0.15) is 0 Å². The Kier molecular flexibility index (Phi) is 4.80. The maximum Gasteiger partial charge on any atom is 0.0682 e. The van der Waals surface area contributed by atoms with Gasteiger partial charge in [0.1, 0.15) is 0 Å². The Hall–Kier alpha value is -0.343. The van der Waals surface area contributed by atoms with Crippen LogP contribution in [0, 0.1) is 0 Å². The number of halogens is 1. The first-order valence-corrected chi connectivity index (χ1v) is 9.76. The molecule has 0 unspecified atom stereocenters. The first-order valence-electron chi connectivity index (χ1n) is 5.39. The Bertz CT molecular complexity index is 319. The predicted octanol–water partition coefficient (Wildman–Crippen LogP) is 4.82. The van der Waals surface area contributed by atoms with E-state index in [1.165, 1.54) is 5.56 Å². The highest BCUT2D eigenvalue weighted by atomic mass is 79.9. The molecule has 0 aliphatic carbocycles. The van der Waals surface area contributed by atoms with Gasteiger partial charge < -0.3 is 0 Å². The van der Waals surface area contributed by atoms with Crippen molar-refractivity contribution in [3.63, 3.8) is 0 Å². The third-order valence-corrected chi connectivity index (χ3v) is 3.90. The van der Waals surface area contributed by atoms with Crippen LogP contribution in [0.1, 0.15) is 12.0 Å². The second-order valence-electron chi connectivity index (χ2n) is 4.93. The van der Waals surface area contributed by atoms with E-state index in [0.717, 1.165) is 17.3 Å². The summed E-state index contributed by atoms with van der Waals surface area (Å²) in [6, 6.07) is 8.59. The van der Waals surface area contributed by atoms with Gasteiger partial charge in [0.25, 0.3) is 0 Å².